The molecule has 0 saturated carbocycles. The molecule has 0 aliphatic carbocycles. The van der Waals surface area contributed by atoms with Crippen molar-refractivity contribution in [3.05, 3.63) is 41.0 Å². The van der Waals surface area contributed by atoms with Crippen LogP contribution < -0.4 is 5.32 Å². The van der Waals surface area contributed by atoms with E-state index in [1.165, 1.54) is 0 Å². The Morgan fingerprint density at radius 3 is 2.93 bits per heavy atom. The number of amides is 1. The summed E-state index contributed by atoms with van der Waals surface area (Å²) in [5.74, 6) is 1.23. The van der Waals surface area contributed by atoms with E-state index in [9.17, 15) is 10.1 Å². The highest BCUT2D eigenvalue weighted by molar-refractivity contribution is 5.93. The number of hydrogen-bond donors (Lipinski definition) is 1. The third-order valence-corrected chi connectivity index (χ3v) is 6.25. The summed E-state index contributed by atoms with van der Waals surface area (Å²) in [6.07, 6.45) is 4.78. The van der Waals surface area contributed by atoms with E-state index in [0.29, 0.717) is 31.1 Å². The predicted molar refractivity (Wildman–Crippen MR) is 104 cm³/mol. The number of carbonyl (C=O) groups excluding carboxylic acids is 1. The van der Waals surface area contributed by atoms with Gasteiger partial charge in [-0.2, -0.15) is 5.26 Å². The first kappa shape index (κ1) is 18.8. The maximum Gasteiger partial charge on any atom is 0.239 e. The summed E-state index contributed by atoms with van der Waals surface area (Å²) < 4.78 is 13.0. The second-order valence-electron chi connectivity index (χ2n) is 7.81. The second-order valence-corrected chi connectivity index (χ2v) is 7.81. The molecule has 28 heavy (non-hydrogen) atoms. The van der Waals surface area contributed by atoms with Gasteiger partial charge in [-0.25, -0.2) is 0 Å². The number of rotatable bonds is 5. The van der Waals surface area contributed by atoms with Crippen LogP contribution in [0, 0.1) is 25.2 Å². The average molecular weight is 382 g/mol. The van der Waals surface area contributed by atoms with E-state index in [0.717, 1.165) is 49.4 Å². The minimum Gasteiger partial charge on any atom is -0.467 e. The molecule has 2 aromatic heterocycles. The normalized spacial score (nSPS) is 22.0. The molecule has 1 spiro atoms. The lowest BCUT2D eigenvalue weighted by atomic mass is 9.95. The standard InChI is InChI=1S/C21H26N4O3/c1-15-16(2)25(12-17-5-3-9-28-17)20(18(15)11-22)23-19(26)13-24-8-4-6-21(24)7-10-27-14-21/h3,5,9H,4,6-8,10,12-14H2,1-2H3,(H,23,26). The van der Waals surface area contributed by atoms with Crippen molar-refractivity contribution < 1.29 is 13.9 Å². The van der Waals surface area contributed by atoms with Crippen molar-refractivity contribution in [2.24, 2.45) is 0 Å². The van der Waals surface area contributed by atoms with Gasteiger partial charge in [-0.3, -0.25) is 9.69 Å². The zero-order valence-corrected chi connectivity index (χ0v) is 16.5. The fourth-order valence-corrected chi connectivity index (χ4v) is 4.52. The summed E-state index contributed by atoms with van der Waals surface area (Å²) in [5, 5.41) is 12.7. The van der Waals surface area contributed by atoms with Crippen molar-refractivity contribution in [3.8, 4) is 6.07 Å². The Balaban J connectivity index is 1.56. The molecule has 2 aromatic rings. The first-order chi connectivity index (χ1) is 13.5. The molecule has 1 amide bonds. The Kier molecular flexibility index (Phi) is 5.00. The number of anilines is 1. The quantitative estimate of drug-likeness (QED) is 0.860. The second kappa shape index (κ2) is 7.46. The summed E-state index contributed by atoms with van der Waals surface area (Å²) >= 11 is 0. The molecule has 7 heteroatoms. The highest BCUT2D eigenvalue weighted by Crippen LogP contribution is 2.36. The van der Waals surface area contributed by atoms with Crippen molar-refractivity contribution in [2.75, 3.05) is 31.6 Å². The van der Waals surface area contributed by atoms with Crippen LogP contribution in [0.15, 0.2) is 22.8 Å². The van der Waals surface area contributed by atoms with Crippen LogP contribution in [0.25, 0.3) is 0 Å². The Morgan fingerprint density at radius 1 is 1.39 bits per heavy atom. The maximum absolute atomic E-state index is 12.9. The topological polar surface area (TPSA) is 83.4 Å². The molecule has 148 valence electrons. The molecule has 2 fully saturated rings. The first-order valence-electron chi connectivity index (χ1n) is 9.79. The van der Waals surface area contributed by atoms with Crippen LogP contribution >= 0.6 is 0 Å². The number of furan rings is 1. The molecule has 4 heterocycles. The number of ether oxygens (including phenoxy) is 1. The Morgan fingerprint density at radius 2 is 2.25 bits per heavy atom. The third-order valence-electron chi connectivity index (χ3n) is 6.25. The van der Waals surface area contributed by atoms with Crippen molar-refractivity contribution in [3.63, 3.8) is 0 Å². The summed E-state index contributed by atoms with van der Waals surface area (Å²) in [6, 6.07) is 5.98. The smallest absolute Gasteiger partial charge is 0.239 e. The molecule has 1 unspecified atom stereocenters. The van der Waals surface area contributed by atoms with Gasteiger partial charge in [0.1, 0.15) is 17.6 Å². The van der Waals surface area contributed by atoms with Crippen LogP contribution in [0.2, 0.25) is 0 Å². The Bertz CT molecular complexity index is 896. The molecular weight excluding hydrogens is 356 g/mol. The average Bonchev–Trinajstić information content (AvgIpc) is 3.46. The number of hydrogen-bond acceptors (Lipinski definition) is 5. The summed E-state index contributed by atoms with van der Waals surface area (Å²) in [7, 11) is 0. The van der Waals surface area contributed by atoms with E-state index >= 15 is 0 Å². The van der Waals surface area contributed by atoms with Gasteiger partial charge in [0.2, 0.25) is 5.91 Å². The van der Waals surface area contributed by atoms with Crippen LogP contribution in [0.4, 0.5) is 5.82 Å². The molecular formula is C21H26N4O3. The molecule has 7 nitrogen and oxygen atoms in total. The minimum absolute atomic E-state index is 0.0113. The molecule has 2 aliphatic rings. The molecule has 2 aliphatic heterocycles. The third kappa shape index (κ3) is 3.23. The molecule has 1 N–H and O–H groups in total. The molecule has 1 atom stereocenters. The monoisotopic (exact) mass is 382 g/mol. The number of nitrogens with one attached hydrogen (secondary N) is 1. The van der Waals surface area contributed by atoms with E-state index in [2.05, 4.69) is 16.3 Å². The Hall–Kier alpha value is -2.56. The highest BCUT2D eigenvalue weighted by atomic mass is 16.5. The highest BCUT2D eigenvalue weighted by Gasteiger charge is 2.44. The SMILES string of the molecule is Cc1c(C#N)c(NC(=O)CN2CCCC23CCOC3)n(Cc2ccco2)c1C. The van der Waals surface area contributed by atoms with Gasteiger partial charge < -0.3 is 19.0 Å². The van der Waals surface area contributed by atoms with Gasteiger partial charge in [0.15, 0.2) is 0 Å². The van der Waals surface area contributed by atoms with Crippen LogP contribution in [0.1, 0.15) is 41.8 Å². The van der Waals surface area contributed by atoms with Crippen LogP contribution in [-0.2, 0) is 16.1 Å². The van der Waals surface area contributed by atoms with Gasteiger partial charge >= 0.3 is 0 Å². The summed E-state index contributed by atoms with van der Waals surface area (Å²) in [4.78, 5) is 15.2. The number of nitriles is 1. The van der Waals surface area contributed by atoms with Crippen molar-refractivity contribution in [1.29, 1.82) is 5.26 Å². The summed E-state index contributed by atoms with van der Waals surface area (Å²) in [5.41, 5.74) is 2.35. The van der Waals surface area contributed by atoms with Gasteiger partial charge in [-0.15, -0.1) is 0 Å². The number of carbonyl (C=O) groups is 1. The van der Waals surface area contributed by atoms with Crippen molar-refractivity contribution >= 4 is 11.7 Å². The van der Waals surface area contributed by atoms with Gasteiger partial charge in [-0.05, 0) is 57.4 Å². The van der Waals surface area contributed by atoms with Gasteiger partial charge in [0.05, 0.1) is 31.5 Å². The minimum atomic E-state index is -0.0946. The number of likely N-dealkylation sites (tertiary alicyclic amines) is 1. The fourth-order valence-electron chi connectivity index (χ4n) is 4.52. The lowest BCUT2D eigenvalue weighted by Gasteiger charge is -2.33. The van der Waals surface area contributed by atoms with Crippen molar-refractivity contribution in [2.45, 2.75) is 45.2 Å². The lowest BCUT2D eigenvalue weighted by Crippen LogP contribution is -2.47. The van der Waals surface area contributed by atoms with Gasteiger partial charge in [0, 0.05) is 17.8 Å². The van der Waals surface area contributed by atoms with E-state index in [-0.39, 0.29) is 11.4 Å². The molecule has 4 rings (SSSR count). The largest absolute Gasteiger partial charge is 0.467 e. The number of aromatic nitrogens is 1. The van der Waals surface area contributed by atoms with E-state index in [4.69, 9.17) is 9.15 Å². The first-order valence-corrected chi connectivity index (χ1v) is 9.79. The molecule has 2 saturated heterocycles. The fraction of sp³-hybridized carbons (Fsp3) is 0.524. The van der Waals surface area contributed by atoms with Crippen LogP contribution in [-0.4, -0.2) is 47.2 Å². The lowest BCUT2D eigenvalue weighted by molar-refractivity contribution is -0.118. The zero-order chi connectivity index (χ0) is 19.7. The maximum atomic E-state index is 12.9. The number of nitrogens with zero attached hydrogens (tertiary/aromatic N) is 3. The van der Waals surface area contributed by atoms with E-state index < -0.39 is 0 Å². The van der Waals surface area contributed by atoms with Crippen LogP contribution in [0.3, 0.4) is 0 Å². The van der Waals surface area contributed by atoms with Gasteiger partial charge in [-0.1, -0.05) is 0 Å². The van der Waals surface area contributed by atoms with E-state index in [1.807, 2.05) is 30.5 Å². The predicted octanol–water partition coefficient (Wildman–Crippen LogP) is 2.81. The van der Waals surface area contributed by atoms with Gasteiger partial charge in [0.25, 0.3) is 0 Å². The Labute approximate surface area is 164 Å². The molecule has 0 aromatic carbocycles. The molecule has 0 bridgehead atoms. The molecule has 0 radical (unpaired) electrons. The summed E-state index contributed by atoms with van der Waals surface area (Å²) in [6.45, 7) is 7.04. The van der Waals surface area contributed by atoms with Crippen molar-refractivity contribution in [1.82, 2.24) is 9.47 Å². The zero-order valence-electron chi connectivity index (χ0n) is 16.5. The van der Waals surface area contributed by atoms with E-state index in [1.54, 1.807) is 6.26 Å². The van der Waals surface area contributed by atoms with Crippen LogP contribution in [0.5, 0.6) is 0 Å².